The number of hydrogen-bond donors (Lipinski definition) is 2. The summed E-state index contributed by atoms with van der Waals surface area (Å²) in [7, 11) is 0. The number of carbonyl (C=O) groups excluding carboxylic acids is 1. The van der Waals surface area contributed by atoms with Crippen LogP contribution in [-0.4, -0.2) is 34.3 Å². The van der Waals surface area contributed by atoms with Gasteiger partial charge in [-0.1, -0.05) is 6.07 Å². The van der Waals surface area contributed by atoms with E-state index < -0.39 is 0 Å². The van der Waals surface area contributed by atoms with Crippen LogP contribution in [0.15, 0.2) is 36.9 Å². The van der Waals surface area contributed by atoms with Crippen LogP contribution in [0.3, 0.4) is 0 Å². The number of imidazole rings is 1. The predicted molar refractivity (Wildman–Crippen MR) is 91.5 cm³/mol. The molecule has 2 amide bonds. The zero-order valence-electron chi connectivity index (χ0n) is 14.2. The predicted octanol–water partition coefficient (Wildman–Crippen LogP) is 2.44. The maximum Gasteiger partial charge on any atom is 0.315 e. The van der Waals surface area contributed by atoms with Gasteiger partial charge in [0.25, 0.3) is 0 Å². The third kappa shape index (κ3) is 4.79. The lowest BCUT2D eigenvalue weighted by Gasteiger charge is -2.20. The largest absolute Gasteiger partial charge is 0.376 e. The summed E-state index contributed by atoms with van der Waals surface area (Å²) in [5.74, 6) is -0.270. The van der Waals surface area contributed by atoms with Gasteiger partial charge in [0.1, 0.15) is 5.82 Å². The molecule has 1 aromatic heterocycles. The Morgan fingerprint density at radius 1 is 1.52 bits per heavy atom. The van der Waals surface area contributed by atoms with Crippen molar-refractivity contribution in [2.24, 2.45) is 0 Å². The lowest BCUT2D eigenvalue weighted by molar-refractivity contribution is 0.0860. The number of amides is 2. The molecule has 2 heterocycles. The average Bonchev–Trinajstić information content (AvgIpc) is 3.29. The van der Waals surface area contributed by atoms with Gasteiger partial charge in [-0.2, -0.15) is 0 Å². The maximum atomic E-state index is 14.0. The summed E-state index contributed by atoms with van der Waals surface area (Å²) >= 11 is 0. The van der Waals surface area contributed by atoms with Crippen LogP contribution in [-0.2, 0) is 17.8 Å². The fourth-order valence-electron chi connectivity index (χ4n) is 2.97. The van der Waals surface area contributed by atoms with Crippen molar-refractivity contribution in [2.75, 3.05) is 6.61 Å². The van der Waals surface area contributed by atoms with Gasteiger partial charge in [-0.05, 0) is 37.5 Å². The number of urea groups is 1. The van der Waals surface area contributed by atoms with Crippen LogP contribution in [0.1, 0.15) is 30.9 Å². The van der Waals surface area contributed by atoms with E-state index in [1.807, 2.05) is 6.92 Å². The average molecular weight is 346 g/mol. The summed E-state index contributed by atoms with van der Waals surface area (Å²) < 4.78 is 21.3. The molecule has 2 unspecified atom stereocenters. The Balaban J connectivity index is 1.53. The Kier molecular flexibility index (Phi) is 5.65. The first kappa shape index (κ1) is 17.4. The first-order valence-electron chi connectivity index (χ1n) is 8.51. The first-order chi connectivity index (χ1) is 12.1. The maximum absolute atomic E-state index is 14.0. The van der Waals surface area contributed by atoms with Crippen LogP contribution in [0.5, 0.6) is 0 Å². The molecular weight excluding hydrogens is 323 g/mol. The molecule has 0 spiro atoms. The Bertz CT molecular complexity index is 699. The minimum atomic E-state index is -0.270. The van der Waals surface area contributed by atoms with Crippen molar-refractivity contribution in [1.29, 1.82) is 0 Å². The molecule has 0 aliphatic carbocycles. The Morgan fingerprint density at radius 2 is 2.40 bits per heavy atom. The standard InChI is InChI=1S/C18H23FN4O2/c1-13(17-3-2-8-25-17)22-18(24)21-10-14-4-5-16(19)15(9-14)11-23-7-6-20-12-23/h4-7,9,12-13,17H,2-3,8,10-11H2,1H3,(H2,21,22,24). The van der Waals surface area contributed by atoms with Gasteiger partial charge in [0, 0.05) is 31.1 Å². The molecule has 3 rings (SSSR count). The third-order valence-electron chi connectivity index (χ3n) is 4.36. The number of carbonyl (C=O) groups is 1. The van der Waals surface area contributed by atoms with Gasteiger partial charge in [0.15, 0.2) is 0 Å². The van der Waals surface area contributed by atoms with Gasteiger partial charge >= 0.3 is 6.03 Å². The molecule has 134 valence electrons. The van der Waals surface area contributed by atoms with Crippen LogP contribution in [0.2, 0.25) is 0 Å². The van der Waals surface area contributed by atoms with E-state index in [9.17, 15) is 9.18 Å². The molecule has 2 N–H and O–H groups in total. The van der Waals surface area contributed by atoms with Crippen molar-refractivity contribution >= 4 is 6.03 Å². The van der Waals surface area contributed by atoms with Gasteiger partial charge < -0.3 is 19.9 Å². The highest BCUT2D eigenvalue weighted by Crippen LogP contribution is 2.15. The van der Waals surface area contributed by atoms with Crippen molar-refractivity contribution in [3.63, 3.8) is 0 Å². The lowest BCUT2D eigenvalue weighted by Crippen LogP contribution is -2.45. The molecule has 0 saturated carbocycles. The zero-order valence-corrected chi connectivity index (χ0v) is 14.2. The second kappa shape index (κ2) is 8.11. The number of rotatable bonds is 6. The number of ether oxygens (including phenoxy) is 1. The second-order valence-corrected chi connectivity index (χ2v) is 6.33. The molecule has 0 radical (unpaired) electrons. The summed E-state index contributed by atoms with van der Waals surface area (Å²) in [6.45, 7) is 3.44. The highest BCUT2D eigenvalue weighted by molar-refractivity contribution is 5.74. The van der Waals surface area contributed by atoms with Crippen molar-refractivity contribution in [3.8, 4) is 0 Å². The molecule has 1 saturated heterocycles. The summed E-state index contributed by atoms with van der Waals surface area (Å²) in [5.41, 5.74) is 1.40. The van der Waals surface area contributed by atoms with E-state index in [0.717, 1.165) is 25.0 Å². The SMILES string of the molecule is CC(NC(=O)NCc1ccc(F)c(Cn2ccnc2)c1)C1CCCO1. The van der Waals surface area contributed by atoms with Crippen molar-refractivity contribution in [1.82, 2.24) is 20.2 Å². The van der Waals surface area contributed by atoms with Gasteiger partial charge in [-0.15, -0.1) is 0 Å². The van der Waals surface area contributed by atoms with E-state index in [-0.39, 0.29) is 24.0 Å². The minimum absolute atomic E-state index is 0.0347. The van der Waals surface area contributed by atoms with Crippen LogP contribution in [0.25, 0.3) is 0 Å². The second-order valence-electron chi connectivity index (χ2n) is 6.33. The Morgan fingerprint density at radius 3 is 3.12 bits per heavy atom. The third-order valence-corrected chi connectivity index (χ3v) is 4.36. The highest BCUT2D eigenvalue weighted by Gasteiger charge is 2.23. The molecule has 1 fully saturated rings. The highest BCUT2D eigenvalue weighted by atomic mass is 19.1. The quantitative estimate of drug-likeness (QED) is 0.844. The molecule has 1 aliphatic heterocycles. The molecule has 1 aromatic carbocycles. The number of nitrogens with one attached hydrogen (secondary N) is 2. The number of nitrogens with zero attached hydrogens (tertiary/aromatic N) is 2. The number of aromatic nitrogens is 2. The van der Waals surface area contributed by atoms with Gasteiger partial charge in [0.2, 0.25) is 0 Å². The van der Waals surface area contributed by atoms with Crippen molar-refractivity contribution < 1.29 is 13.9 Å². The molecule has 7 heteroatoms. The fourth-order valence-corrected chi connectivity index (χ4v) is 2.97. The van der Waals surface area contributed by atoms with Gasteiger partial charge in [-0.3, -0.25) is 0 Å². The molecule has 2 atom stereocenters. The number of benzene rings is 1. The summed E-state index contributed by atoms with van der Waals surface area (Å²) in [5, 5.41) is 5.70. The van der Waals surface area contributed by atoms with Gasteiger partial charge in [-0.25, -0.2) is 14.2 Å². The molecular formula is C18H23FN4O2. The monoisotopic (exact) mass is 346 g/mol. The number of hydrogen-bond acceptors (Lipinski definition) is 3. The van der Waals surface area contributed by atoms with Gasteiger partial charge in [0.05, 0.1) is 25.0 Å². The van der Waals surface area contributed by atoms with Crippen LogP contribution in [0.4, 0.5) is 9.18 Å². The molecule has 2 aromatic rings. The van der Waals surface area contributed by atoms with E-state index in [2.05, 4.69) is 15.6 Å². The smallest absolute Gasteiger partial charge is 0.315 e. The van der Waals surface area contributed by atoms with Crippen molar-refractivity contribution in [3.05, 3.63) is 53.9 Å². The van der Waals surface area contributed by atoms with E-state index >= 15 is 0 Å². The summed E-state index contributed by atoms with van der Waals surface area (Å²) in [6, 6.07) is 4.59. The molecule has 0 bridgehead atoms. The zero-order chi connectivity index (χ0) is 17.6. The van der Waals surface area contributed by atoms with Crippen LogP contribution < -0.4 is 10.6 Å². The molecule has 25 heavy (non-hydrogen) atoms. The molecule has 6 nitrogen and oxygen atoms in total. The number of halogens is 1. The topological polar surface area (TPSA) is 68.2 Å². The van der Waals surface area contributed by atoms with E-state index in [1.54, 1.807) is 35.4 Å². The summed E-state index contributed by atoms with van der Waals surface area (Å²) in [6.07, 6.45) is 7.17. The van der Waals surface area contributed by atoms with Crippen LogP contribution >= 0.6 is 0 Å². The summed E-state index contributed by atoms with van der Waals surface area (Å²) in [4.78, 5) is 16.0. The normalized spacial score (nSPS) is 18.1. The molecule has 1 aliphatic rings. The van der Waals surface area contributed by atoms with E-state index in [1.165, 1.54) is 6.07 Å². The first-order valence-corrected chi connectivity index (χ1v) is 8.51. The fraction of sp³-hybridized carbons (Fsp3) is 0.444. The lowest BCUT2D eigenvalue weighted by atomic mass is 10.1. The van der Waals surface area contributed by atoms with Crippen molar-refractivity contribution in [2.45, 2.75) is 45.0 Å². The Labute approximate surface area is 146 Å². The minimum Gasteiger partial charge on any atom is -0.376 e. The Hall–Kier alpha value is -2.41. The van der Waals surface area contributed by atoms with Crippen LogP contribution in [0, 0.1) is 5.82 Å². The van der Waals surface area contributed by atoms with E-state index in [0.29, 0.717) is 18.7 Å². The van der Waals surface area contributed by atoms with E-state index in [4.69, 9.17) is 4.74 Å².